The van der Waals surface area contributed by atoms with Gasteiger partial charge in [-0.1, -0.05) is 6.07 Å². The van der Waals surface area contributed by atoms with Gasteiger partial charge in [-0.15, -0.1) is 0 Å². The van der Waals surface area contributed by atoms with Gasteiger partial charge < -0.3 is 15.6 Å². The Kier molecular flexibility index (Phi) is 4.26. The molecule has 0 saturated heterocycles. The summed E-state index contributed by atoms with van der Waals surface area (Å²) in [7, 11) is 0. The van der Waals surface area contributed by atoms with Crippen LogP contribution in [0.4, 0.5) is 0 Å². The normalized spacial score (nSPS) is 14.5. The molecular weight excluding hydrogens is 248 g/mol. The first-order valence-corrected chi connectivity index (χ1v) is 5.80. The molecule has 0 spiro atoms. The molecular formula is C13H18N2O4. The first kappa shape index (κ1) is 15.1. The third kappa shape index (κ3) is 4.03. The highest BCUT2D eigenvalue weighted by molar-refractivity contribution is 6.04. The van der Waals surface area contributed by atoms with Crippen molar-refractivity contribution in [1.82, 2.24) is 4.98 Å². The molecule has 19 heavy (non-hydrogen) atoms. The highest BCUT2D eigenvalue weighted by Gasteiger charge is 2.45. The Morgan fingerprint density at radius 2 is 2.05 bits per heavy atom. The van der Waals surface area contributed by atoms with Crippen molar-refractivity contribution in [3.63, 3.8) is 0 Å². The number of aliphatic carboxylic acids is 1. The third-order valence-electron chi connectivity index (χ3n) is 2.35. The van der Waals surface area contributed by atoms with Crippen LogP contribution >= 0.6 is 0 Å². The minimum atomic E-state index is -2.11. The van der Waals surface area contributed by atoms with E-state index in [1.807, 2.05) is 0 Å². The number of nitrogens with two attached hydrogens (primary N) is 1. The van der Waals surface area contributed by atoms with E-state index >= 15 is 0 Å². The number of pyridine rings is 1. The SMILES string of the molecule is CC(C)(C)OC(=O)[C@@](N)(Cc1cccnc1)C(=O)O. The van der Waals surface area contributed by atoms with Crippen molar-refractivity contribution in [1.29, 1.82) is 0 Å². The van der Waals surface area contributed by atoms with Crippen molar-refractivity contribution >= 4 is 11.9 Å². The van der Waals surface area contributed by atoms with Crippen molar-refractivity contribution in [2.75, 3.05) is 0 Å². The smallest absolute Gasteiger partial charge is 0.338 e. The number of esters is 1. The molecule has 1 atom stereocenters. The summed E-state index contributed by atoms with van der Waals surface area (Å²) in [6, 6.07) is 3.30. The van der Waals surface area contributed by atoms with Crippen LogP contribution in [-0.2, 0) is 20.7 Å². The first-order chi connectivity index (χ1) is 8.65. The molecule has 0 aliphatic carbocycles. The lowest BCUT2D eigenvalue weighted by Gasteiger charge is -2.28. The van der Waals surface area contributed by atoms with Crippen molar-refractivity contribution in [3.8, 4) is 0 Å². The number of nitrogens with zero attached hydrogens (tertiary/aromatic N) is 1. The molecule has 1 aromatic rings. The lowest BCUT2D eigenvalue weighted by Crippen LogP contribution is -2.58. The summed E-state index contributed by atoms with van der Waals surface area (Å²) in [5, 5.41) is 9.21. The summed E-state index contributed by atoms with van der Waals surface area (Å²) in [6.07, 6.45) is 2.84. The summed E-state index contributed by atoms with van der Waals surface area (Å²) in [6.45, 7) is 4.95. The van der Waals surface area contributed by atoms with Crippen LogP contribution in [0.1, 0.15) is 26.3 Å². The lowest BCUT2D eigenvalue weighted by atomic mass is 9.92. The summed E-state index contributed by atoms with van der Waals surface area (Å²) >= 11 is 0. The molecule has 1 heterocycles. The zero-order valence-electron chi connectivity index (χ0n) is 11.2. The molecule has 0 radical (unpaired) electrons. The molecule has 0 aliphatic heterocycles. The predicted octanol–water partition coefficient (Wildman–Crippen LogP) is 0.748. The molecule has 1 rings (SSSR count). The van der Waals surface area contributed by atoms with Gasteiger partial charge in [0.1, 0.15) is 5.60 Å². The van der Waals surface area contributed by atoms with Gasteiger partial charge in [0.15, 0.2) is 0 Å². The van der Waals surface area contributed by atoms with Gasteiger partial charge in [-0.3, -0.25) is 4.98 Å². The second-order valence-electron chi connectivity index (χ2n) is 5.32. The minimum Gasteiger partial charge on any atom is -0.479 e. The number of carbonyl (C=O) groups is 2. The maximum absolute atomic E-state index is 12.0. The highest BCUT2D eigenvalue weighted by Crippen LogP contribution is 2.17. The van der Waals surface area contributed by atoms with Crippen LogP contribution in [0.3, 0.4) is 0 Å². The van der Waals surface area contributed by atoms with Gasteiger partial charge in [-0.05, 0) is 32.4 Å². The molecule has 0 aliphatic rings. The van der Waals surface area contributed by atoms with Crippen LogP contribution in [0.2, 0.25) is 0 Å². The van der Waals surface area contributed by atoms with E-state index in [4.69, 9.17) is 10.5 Å². The molecule has 0 amide bonds. The van der Waals surface area contributed by atoms with Crippen LogP contribution in [-0.4, -0.2) is 33.2 Å². The Labute approximate surface area is 111 Å². The molecule has 3 N–H and O–H groups in total. The van der Waals surface area contributed by atoms with Crippen molar-refractivity contribution in [2.24, 2.45) is 5.73 Å². The van der Waals surface area contributed by atoms with Crippen LogP contribution in [0, 0.1) is 0 Å². The number of carbonyl (C=O) groups excluding carboxylic acids is 1. The number of rotatable bonds is 4. The van der Waals surface area contributed by atoms with Crippen LogP contribution < -0.4 is 5.73 Å². The maximum Gasteiger partial charge on any atom is 0.338 e. The Morgan fingerprint density at radius 3 is 2.47 bits per heavy atom. The third-order valence-corrected chi connectivity index (χ3v) is 2.35. The lowest BCUT2D eigenvalue weighted by molar-refractivity contribution is -0.169. The van der Waals surface area contributed by atoms with Gasteiger partial charge in [0.25, 0.3) is 0 Å². The molecule has 6 nitrogen and oxygen atoms in total. The topological polar surface area (TPSA) is 103 Å². The number of carboxylic acids is 1. The van der Waals surface area contributed by atoms with Crippen molar-refractivity contribution < 1.29 is 19.4 Å². The van der Waals surface area contributed by atoms with E-state index in [9.17, 15) is 14.7 Å². The van der Waals surface area contributed by atoms with E-state index in [1.54, 1.807) is 39.1 Å². The van der Waals surface area contributed by atoms with E-state index in [1.165, 1.54) is 6.20 Å². The van der Waals surface area contributed by atoms with E-state index in [0.717, 1.165) is 0 Å². The summed E-state index contributed by atoms with van der Waals surface area (Å²) in [5.74, 6) is -2.39. The second kappa shape index (κ2) is 5.36. The van der Waals surface area contributed by atoms with Gasteiger partial charge in [0.2, 0.25) is 5.54 Å². The van der Waals surface area contributed by atoms with Gasteiger partial charge in [0.05, 0.1) is 0 Å². The van der Waals surface area contributed by atoms with E-state index in [-0.39, 0.29) is 6.42 Å². The Hall–Kier alpha value is -1.95. The number of carboxylic acid groups (broad SMARTS) is 1. The fourth-order valence-electron chi connectivity index (χ4n) is 1.43. The van der Waals surface area contributed by atoms with Gasteiger partial charge in [0, 0.05) is 18.8 Å². The van der Waals surface area contributed by atoms with Gasteiger partial charge in [-0.25, -0.2) is 9.59 Å². The van der Waals surface area contributed by atoms with E-state index in [2.05, 4.69) is 4.98 Å². The zero-order valence-corrected chi connectivity index (χ0v) is 11.2. The summed E-state index contributed by atoms with van der Waals surface area (Å²) < 4.78 is 5.07. The predicted molar refractivity (Wildman–Crippen MR) is 68.3 cm³/mol. The highest BCUT2D eigenvalue weighted by atomic mass is 16.6. The van der Waals surface area contributed by atoms with Crippen molar-refractivity contribution in [3.05, 3.63) is 30.1 Å². The second-order valence-corrected chi connectivity index (χ2v) is 5.32. The average Bonchev–Trinajstić information content (AvgIpc) is 2.27. The maximum atomic E-state index is 12.0. The Morgan fingerprint density at radius 1 is 1.42 bits per heavy atom. The van der Waals surface area contributed by atoms with Crippen LogP contribution in [0.5, 0.6) is 0 Å². The van der Waals surface area contributed by atoms with Crippen molar-refractivity contribution in [2.45, 2.75) is 38.3 Å². The fraction of sp³-hybridized carbons (Fsp3) is 0.462. The molecule has 0 unspecified atom stereocenters. The van der Waals surface area contributed by atoms with Crippen LogP contribution in [0.25, 0.3) is 0 Å². The minimum absolute atomic E-state index is 0.176. The van der Waals surface area contributed by atoms with Gasteiger partial charge >= 0.3 is 11.9 Å². The van der Waals surface area contributed by atoms with Gasteiger partial charge in [-0.2, -0.15) is 0 Å². The largest absolute Gasteiger partial charge is 0.479 e. The molecule has 0 fully saturated rings. The molecule has 0 bridgehead atoms. The number of hydrogen-bond acceptors (Lipinski definition) is 5. The fourth-order valence-corrected chi connectivity index (χ4v) is 1.43. The van der Waals surface area contributed by atoms with Crippen LogP contribution in [0.15, 0.2) is 24.5 Å². The molecule has 0 aromatic carbocycles. The zero-order chi connectivity index (χ0) is 14.7. The molecule has 104 valence electrons. The molecule has 0 saturated carbocycles. The first-order valence-electron chi connectivity index (χ1n) is 5.80. The number of ether oxygens (including phenoxy) is 1. The van der Waals surface area contributed by atoms with E-state index in [0.29, 0.717) is 5.56 Å². The Balaban J connectivity index is 2.98. The molecule has 6 heteroatoms. The number of aromatic nitrogens is 1. The monoisotopic (exact) mass is 266 g/mol. The number of hydrogen-bond donors (Lipinski definition) is 2. The molecule has 1 aromatic heterocycles. The van der Waals surface area contributed by atoms with E-state index < -0.39 is 23.1 Å². The average molecular weight is 266 g/mol. The summed E-state index contributed by atoms with van der Waals surface area (Å²) in [4.78, 5) is 27.1. The Bertz CT molecular complexity index is 467. The summed E-state index contributed by atoms with van der Waals surface area (Å²) in [5.41, 5.74) is 3.36. The standard InChI is InChI=1S/C13H18N2O4/c1-12(2,3)19-11(18)13(14,10(16)17)7-9-5-4-6-15-8-9/h4-6,8H,7,14H2,1-3H3,(H,16,17)/t13-/m1/s1. The quantitative estimate of drug-likeness (QED) is 0.615.